The quantitative estimate of drug-likeness (QED) is 0.684. The molecule has 4 rings (SSSR count). The number of carbonyl (C=O) groups excluding carboxylic acids is 3. The molecule has 2 N–H and O–H groups in total. The molecule has 0 spiro atoms. The average molecular weight is 455 g/mol. The Kier molecular flexibility index (Phi) is 7.27. The van der Waals surface area contributed by atoms with Crippen molar-refractivity contribution in [1.82, 2.24) is 30.0 Å². The zero-order valence-electron chi connectivity index (χ0n) is 19.5. The summed E-state index contributed by atoms with van der Waals surface area (Å²) in [6.45, 7) is 4.05. The lowest BCUT2D eigenvalue weighted by Gasteiger charge is -2.39. The topological polar surface area (TPSA) is 99.0 Å². The summed E-state index contributed by atoms with van der Waals surface area (Å²) in [6, 6.07) is 3.22. The highest BCUT2D eigenvalue weighted by molar-refractivity contribution is 5.97. The predicted molar refractivity (Wildman–Crippen MR) is 125 cm³/mol. The molecule has 2 fully saturated rings. The lowest BCUT2D eigenvalue weighted by atomic mass is 9.83. The molecule has 3 heterocycles. The number of fused-ring (bicyclic) bond motifs is 1. The fourth-order valence-corrected chi connectivity index (χ4v) is 5.10. The van der Waals surface area contributed by atoms with Crippen LogP contribution < -0.4 is 10.6 Å². The van der Waals surface area contributed by atoms with E-state index in [2.05, 4.69) is 15.7 Å². The number of aryl methyl sites for hydroxylation is 1. The number of rotatable bonds is 6. The number of amides is 3. The molecular formula is C24H34N6O3. The molecule has 2 aromatic heterocycles. The highest BCUT2D eigenvalue weighted by Crippen LogP contribution is 2.28. The van der Waals surface area contributed by atoms with Gasteiger partial charge >= 0.3 is 0 Å². The van der Waals surface area contributed by atoms with Crippen LogP contribution in [0.4, 0.5) is 0 Å². The van der Waals surface area contributed by atoms with Crippen molar-refractivity contribution in [1.29, 1.82) is 0 Å². The van der Waals surface area contributed by atoms with E-state index in [1.54, 1.807) is 24.0 Å². The molecular weight excluding hydrogens is 420 g/mol. The van der Waals surface area contributed by atoms with Crippen molar-refractivity contribution < 1.29 is 14.4 Å². The molecule has 1 saturated carbocycles. The van der Waals surface area contributed by atoms with Crippen LogP contribution in [0.25, 0.3) is 5.52 Å². The van der Waals surface area contributed by atoms with Crippen LogP contribution in [0.3, 0.4) is 0 Å². The minimum absolute atomic E-state index is 0.0182. The lowest BCUT2D eigenvalue weighted by molar-refractivity contribution is -0.139. The number of aromatic nitrogens is 2. The Labute approximate surface area is 194 Å². The Balaban J connectivity index is 1.41. The summed E-state index contributed by atoms with van der Waals surface area (Å²) in [7, 11) is 1.72. The molecule has 2 aliphatic rings. The van der Waals surface area contributed by atoms with E-state index in [1.165, 1.54) is 6.42 Å². The molecule has 33 heavy (non-hydrogen) atoms. The first kappa shape index (κ1) is 23.2. The Bertz CT molecular complexity index is 1000. The van der Waals surface area contributed by atoms with Gasteiger partial charge in [0.1, 0.15) is 6.04 Å². The van der Waals surface area contributed by atoms with Gasteiger partial charge in [-0.05, 0) is 50.4 Å². The summed E-state index contributed by atoms with van der Waals surface area (Å²) in [5.74, 6) is -0.0116. The molecule has 2 aromatic rings. The van der Waals surface area contributed by atoms with E-state index >= 15 is 0 Å². The molecule has 1 saturated heterocycles. The van der Waals surface area contributed by atoms with Gasteiger partial charge in [-0.3, -0.25) is 14.4 Å². The van der Waals surface area contributed by atoms with Crippen LogP contribution in [0.1, 0.15) is 48.0 Å². The Morgan fingerprint density at radius 1 is 1.06 bits per heavy atom. The van der Waals surface area contributed by atoms with E-state index in [4.69, 9.17) is 0 Å². The number of hydrogen-bond acceptors (Lipinski definition) is 5. The van der Waals surface area contributed by atoms with Crippen molar-refractivity contribution in [3.8, 4) is 0 Å². The van der Waals surface area contributed by atoms with Gasteiger partial charge in [0.05, 0.1) is 12.1 Å². The highest BCUT2D eigenvalue weighted by Gasteiger charge is 2.35. The van der Waals surface area contributed by atoms with Gasteiger partial charge in [0.25, 0.3) is 5.91 Å². The largest absolute Gasteiger partial charge is 0.343 e. The number of piperazine rings is 1. The molecule has 1 unspecified atom stereocenters. The number of likely N-dealkylation sites (N-methyl/N-ethyl adjacent to an activating group) is 1. The third kappa shape index (κ3) is 5.03. The minimum atomic E-state index is -0.486. The van der Waals surface area contributed by atoms with Gasteiger partial charge in [-0.2, -0.15) is 5.10 Å². The zero-order chi connectivity index (χ0) is 23.4. The fourth-order valence-electron chi connectivity index (χ4n) is 5.10. The summed E-state index contributed by atoms with van der Waals surface area (Å²) >= 11 is 0. The van der Waals surface area contributed by atoms with E-state index in [0.29, 0.717) is 31.7 Å². The maximum Gasteiger partial charge on any atom is 0.254 e. The van der Waals surface area contributed by atoms with Crippen LogP contribution in [0.2, 0.25) is 0 Å². The van der Waals surface area contributed by atoms with Gasteiger partial charge in [0.15, 0.2) is 0 Å². The van der Waals surface area contributed by atoms with Gasteiger partial charge in [0, 0.05) is 44.1 Å². The van der Waals surface area contributed by atoms with Crippen molar-refractivity contribution in [2.45, 2.75) is 45.1 Å². The van der Waals surface area contributed by atoms with Crippen molar-refractivity contribution in [3.05, 3.63) is 35.7 Å². The first-order chi connectivity index (χ1) is 16.0. The van der Waals surface area contributed by atoms with Gasteiger partial charge < -0.3 is 20.4 Å². The van der Waals surface area contributed by atoms with Gasteiger partial charge in [-0.25, -0.2) is 4.52 Å². The Morgan fingerprint density at radius 3 is 2.45 bits per heavy atom. The maximum atomic E-state index is 13.4. The molecule has 0 aromatic carbocycles. The second-order valence-corrected chi connectivity index (χ2v) is 9.11. The summed E-state index contributed by atoms with van der Waals surface area (Å²) in [5, 5.41) is 10.1. The summed E-state index contributed by atoms with van der Waals surface area (Å²) in [4.78, 5) is 42.5. The van der Waals surface area contributed by atoms with E-state index in [0.717, 1.165) is 36.8 Å². The number of carbonyl (C=O) groups is 3. The molecule has 9 heteroatoms. The van der Waals surface area contributed by atoms with Crippen molar-refractivity contribution in [2.75, 3.05) is 39.8 Å². The molecule has 0 bridgehead atoms. The molecule has 178 valence electrons. The predicted octanol–water partition coefficient (Wildman–Crippen LogP) is 1.21. The van der Waals surface area contributed by atoms with Gasteiger partial charge in [0.2, 0.25) is 11.8 Å². The number of nitrogens with one attached hydrogen (secondary N) is 2. The monoisotopic (exact) mass is 454 g/mol. The second-order valence-electron chi connectivity index (χ2n) is 9.11. The third-order valence-electron chi connectivity index (χ3n) is 6.99. The molecule has 9 nitrogen and oxygen atoms in total. The number of nitrogens with zero attached hydrogens (tertiary/aromatic N) is 4. The number of pyridine rings is 1. The summed E-state index contributed by atoms with van der Waals surface area (Å²) in [5.41, 5.74) is 2.49. The van der Waals surface area contributed by atoms with Crippen LogP contribution in [0.15, 0.2) is 24.5 Å². The number of hydrogen-bond donors (Lipinski definition) is 2. The maximum absolute atomic E-state index is 13.4. The lowest BCUT2D eigenvalue weighted by Crippen LogP contribution is -2.58. The van der Waals surface area contributed by atoms with Gasteiger partial charge in [-0.15, -0.1) is 0 Å². The van der Waals surface area contributed by atoms with Crippen LogP contribution in [0, 0.1) is 12.8 Å². The average Bonchev–Trinajstić information content (AvgIpc) is 3.33. The second kappa shape index (κ2) is 10.3. The molecule has 1 aliphatic carbocycles. The molecule has 0 radical (unpaired) electrons. The SMILES string of the molecule is CNCC(=O)NC(C(=O)N1CCN(C(=O)c2ccn3nccc3c2C)CC1)C1CCCCC1. The van der Waals surface area contributed by atoms with E-state index in [-0.39, 0.29) is 30.2 Å². The normalized spacial score (nSPS) is 18.4. The highest BCUT2D eigenvalue weighted by atomic mass is 16.2. The zero-order valence-corrected chi connectivity index (χ0v) is 19.5. The van der Waals surface area contributed by atoms with Crippen LogP contribution >= 0.6 is 0 Å². The molecule has 1 aliphatic heterocycles. The van der Waals surface area contributed by atoms with E-state index in [1.807, 2.05) is 28.9 Å². The van der Waals surface area contributed by atoms with Crippen LogP contribution in [0.5, 0.6) is 0 Å². The standard InChI is InChI=1S/C24H34N6O3/c1-17-19(9-11-30-20(17)8-10-26-30)23(32)28-12-14-29(15-13-28)24(33)22(27-21(31)16-25-2)18-6-4-3-5-7-18/h8-11,18,22,25H,3-7,12-16H2,1-2H3,(H,27,31). The van der Waals surface area contributed by atoms with Gasteiger partial charge in [-0.1, -0.05) is 19.3 Å². The molecule has 3 amide bonds. The molecule has 1 atom stereocenters. The van der Waals surface area contributed by atoms with Crippen molar-refractivity contribution >= 4 is 23.2 Å². The smallest absolute Gasteiger partial charge is 0.254 e. The van der Waals surface area contributed by atoms with Crippen LogP contribution in [-0.2, 0) is 9.59 Å². The Morgan fingerprint density at radius 2 is 1.76 bits per heavy atom. The van der Waals surface area contributed by atoms with Crippen LogP contribution in [-0.4, -0.2) is 82.9 Å². The fraction of sp³-hybridized carbons (Fsp3) is 0.583. The third-order valence-corrected chi connectivity index (χ3v) is 6.99. The van der Waals surface area contributed by atoms with E-state index in [9.17, 15) is 14.4 Å². The Hall–Kier alpha value is -2.94. The minimum Gasteiger partial charge on any atom is -0.343 e. The van der Waals surface area contributed by atoms with E-state index < -0.39 is 6.04 Å². The summed E-state index contributed by atoms with van der Waals surface area (Å²) in [6.07, 6.45) is 8.83. The first-order valence-corrected chi connectivity index (χ1v) is 11.9. The van der Waals surface area contributed by atoms with Crippen molar-refractivity contribution in [3.63, 3.8) is 0 Å². The van der Waals surface area contributed by atoms with Crippen molar-refractivity contribution in [2.24, 2.45) is 5.92 Å². The summed E-state index contributed by atoms with van der Waals surface area (Å²) < 4.78 is 1.76. The first-order valence-electron chi connectivity index (χ1n) is 11.9.